The van der Waals surface area contributed by atoms with E-state index in [-0.39, 0.29) is 32.7 Å². The molecule has 0 aromatic heterocycles. The van der Waals surface area contributed by atoms with E-state index in [0.717, 1.165) is 20.6 Å². The summed E-state index contributed by atoms with van der Waals surface area (Å²) in [6.07, 6.45) is 2.79. The van der Waals surface area contributed by atoms with Crippen molar-refractivity contribution < 1.29 is 32.7 Å². The third-order valence-electron chi connectivity index (χ3n) is 0.810. The summed E-state index contributed by atoms with van der Waals surface area (Å²) in [7, 11) is 0.747. The van der Waals surface area contributed by atoms with Gasteiger partial charge in [-0.25, -0.2) is 8.58 Å². The van der Waals surface area contributed by atoms with Gasteiger partial charge in [-0.05, 0) is 0 Å². The van der Waals surface area contributed by atoms with Gasteiger partial charge in [0, 0.05) is 32.7 Å². The van der Waals surface area contributed by atoms with E-state index < -0.39 is 0 Å². The van der Waals surface area contributed by atoms with Gasteiger partial charge >= 0.3 is 0 Å². The minimum Gasteiger partial charge on any atom is -0.391 e. The van der Waals surface area contributed by atoms with Gasteiger partial charge in [-0.1, -0.05) is 13.6 Å². The minimum absolute atomic E-state index is 0. The predicted molar refractivity (Wildman–Crippen MR) is 40.2 cm³/mol. The molecule has 0 aromatic rings. The second-order valence-electron chi connectivity index (χ2n) is 1.47. The van der Waals surface area contributed by atoms with Crippen LogP contribution < -0.4 is 0 Å². The summed E-state index contributed by atoms with van der Waals surface area (Å²) in [5, 5.41) is 0. The fraction of sp³-hybridized carbons (Fsp3) is 0.429. The van der Waals surface area contributed by atoms with Gasteiger partial charge in [-0.15, -0.1) is 6.42 Å². The van der Waals surface area contributed by atoms with Gasteiger partial charge in [0.05, 0.1) is 0 Å². The first-order valence-corrected chi connectivity index (χ1v) is 4.18. The second kappa shape index (κ2) is 9.01. The van der Waals surface area contributed by atoms with Gasteiger partial charge < -0.3 is 24.0 Å². The van der Waals surface area contributed by atoms with Gasteiger partial charge in [0.25, 0.3) is 0 Å². The summed E-state index contributed by atoms with van der Waals surface area (Å²) in [5.74, 6) is 3.04. The molecule has 0 nitrogen and oxygen atoms in total. The molecule has 0 aliphatic heterocycles. The summed E-state index contributed by atoms with van der Waals surface area (Å²) in [5.41, 5.74) is 0.916. The fourth-order valence-corrected chi connectivity index (χ4v) is 0.597. The van der Waals surface area contributed by atoms with Crippen LogP contribution in [0.5, 0.6) is 0 Å². The Morgan fingerprint density at radius 3 is 2.67 bits per heavy atom. The van der Waals surface area contributed by atoms with Crippen molar-refractivity contribution in [1.82, 2.24) is 0 Å². The third kappa shape index (κ3) is 9.01. The van der Waals surface area contributed by atoms with Gasteiger partial charge in [0.15, 0.2) is 0 Å². The molecule has 0 heterocycles. The van der Waals surface area contributed by atoms with Gasteiger partial charge in [0.2, 0.25) is 0 Å². The third-order valence-corrected chi connectivity index (χ3v) is 1.24. The van der Waals surface area contributed by atoms with Crippen molar-refractivity contribution in [3.63, 3.8) is 0 Å². The number of hydrogen-bond acceptors (Lipinski definition) is 0. The first kappa shape index (κ1) is 12.7. The summed E-state index contributed by atoms with van der Waals surface area (Å²) >= 11 is 0. The van der Waals surface area contributed by atoms with Gasteiger partial charge in [-0.3, -0.25) is 0 Å². The van der Waals surface area contributed by atoms with Crippen LogP contribution >= 0.6 is 8.58 Å². The summed E-state index contributed by atoms with van der Waals surface area (Å²) in [6, 6.07) is 0. The molecule has 0 saturated heterocycles. The van der Waals surface area contributed by atoms with Crippen LogP contribution in [-0.2, 0) is 32.7 Å². The summed E-state index contributed by atoms with van der Waals surface area (Å²) in [4.78, 5) is 0. The van der Waals surface area contributed by atoms with Crippen molar-refractivity contribution in [3.8, 4) is 0 Å². The molecule has 1 radical (unpaired) electrons. The molecule has 2 heteroatoms. The molecule has 0 N–H and O–H groups in total. The summed E-state index contributed by atoms with van der Waals surface area (Å²) in [6.45, 7) is 9.56. The van der Waals surface area contributed by atoms with Crippen LogP contribution in [0.15, 0.2) is 11.6 Å². The van der Waals surface area contributed by atoms with E-state index in [1.807, 2.05) is 13.0 Å². The zero-order valence-corrected chi connectivity index (χ0v) is 9.78. The van der Waals surface area contributed by atoms with Crippen LogP contribution in [0.2, 0.25) is 0 Å². The smallest absolute Gasteiger partial charge is 0 e. The quantitative estimate of drug-likeness (QED) is 0.385. The Morgan fingerprint density at radius 2 is 2.33 bits per heavy atom. The molecule has 0 spiro atoms. The molecular weight excluding hydrogens is 204 g/mol. The molecule has 0 aliphatic carbocycles. The molecule has 49 valence electrons. The molecular formula is C7H11PY-2. The van der Waals surface area contributed by atoms with E-state index in [9.17, 15) is 0 Å². The van der Waals surface area contributed by atoms with Crippen molar-refractivity contribution in [2.24, 2.45) is 0 Å². The predicted octanol–water partition coefficient (Wildman–Crippen LogP) is 2.38. The molecule has 0 amide bonds. The van der Waals surface area contributed by atoms with E-state index in [2.05, 4.69) is 12.5 Å². The zero-order valence-electron chi connectivity index (χ0n) is 5.94. The first-order valence-electron chi connectivity index (χ1n) is 2.68. The van der Waals surface area contributed by atoms with Crippen molar-refractivity contribution >= 4 is 8.58 Å². The maximum absolute atomic E-state index is 5.46. The van der Waals surface area contributed by atoms with Gasteiger partial charge in [0.1, 0.15) is 0 Å². The number of rotatable bonds is 3. The SMILES string of the molecule is [CH-]=C(C=[C-]PC)CC.[Y]. The molecule has 9 heavy (non-hydrogen) atoms. The maximum Gasteiger partial charge on any atom is 0 e. The first-order chi connectivity index (χ1) is 3.81. The van der Waals surface area contributed by atoms with Crippen molar-refractivity contribution in [1.29, 1.82) is 0 Å². The Labute approximate surface area is 84.8 Å². The normalized spacial score (nSPS) is 10.4. The Hall–Kier alpha value is 1.01. The van der Waals surface area contributed by atoms with E-state index in [4.69, 9.17) is 6.58 Å². The largest absolute Gasteiger partial charge is 0.391 e. The second-order valence-corrected chi connectivity index (χ2v) is 2.26. The molecule has 0 bridgehead atoms. The van der Waals surface area contributed by atoms with Crippen LogP contribution in [0.25, 0.3) is 0 Å². The van der Waals surface area contributed by atoms with Gasteiger partial charge in [-0.2, -0.15) is 0 Å². The molecule has 1 atom stereocenters. The van der Waals surface area contributed by atoms with E-state index >= 15 is 0 Å². The minimum atomic E-state index is 0. The Bertz CT molecular complexity index is 97.1. The fourth-order valence-electron chi connectivity index (χ4n) is 0.267. The van der Waals surface area contributed by atoms with Crippen LogP contribution in [0, 0.1) is 12.4 Å². The Morgan fingerprint density at radius 1 is 1.78 bits per heavy atom. The van der Waals surface area contributed by atoms with Crippen LogP contribution in [0.3, 0.4) is 0 Å². The molecule has 0 saturated carbocycles. The molecule has 0 rings (SSSR count). The van der Waals surface area contributed by atoms with E-state index in [1.54, 1.807) is 0 Å². The number of hydrogen-bond donors (Lipinski definition) is 0. The number of allylic oxidation sites excluding steroid dienone is 2. The monoisotopic (exact) mass is 215 g/mol. The van der Waals surface area contributed by atoms with Crippen LogP contribution in [-0.4, -0.2) is 6.66 Å². The maximum atomic E-state index is 5.46. The van der Waals surface area contributed by atoms with Crippen molar-refractivity contribution in [2.45, 2.75) is 13.3 Å². The Balaban J connectivity index is 0. The average Bonchev–Trinajstić information content (AvgIpc) is 1.83. The topological polar surface area (TPSA) is 0 Å². The average molecular weight is 215 g/mol. The van der Waals surface area contributed by atoms with Crippen LogP contribution in [0.1, 0.15) is 13.3 Å². The molecule has 0 aliphatic rings. The van der Waals surface area contributed by atoms with E-state index in [0.29, 0.717) is 0 Å². The molecule has 0 fully saturated rings. The summed E-state index contributed by atoms with van der Waals surface area (Å²) < 4.78 is 0. The molecule has 0 aromatic carbocycles. The molecule has 1 unspecified atom stereocenters. The van der Waals surface area contributed by atoms with Crippen LogP contribution in [0.4, 0.5) is 0 Å². The standard InChI is InChI=1S/C7H11P.Y/c1-4-7(2)5-6-8-3;/h2,5,8H,4H2,1,3H3;/q-2;. The zero-order chi connectivity index (χ0) is 6.41. The van der Waals surface area contributed by atoms with E-state index in [1.165, 1.54) is 0 Å². The Kier molecular flexibility index (Phi) is 12.7. The van der Waals surface area contributed by atoms with Crippen molar-refractivity contribution in [3.05, 3.63) is 24.0 Å². The van der Waals surface area contributed by atoms with Crippen molar-refractivity contribution in [2.75, 3.05) is 6.66 Å².